The van der Waals surface area contributed by atoms with Gasteiger partial charge in [-0.2, -0.15) is 0 Å². The van der Waals surface area contributed by atoms with Crippen LogP contribution in [0.25, 0.3) is 0 Å². The largest absolute Gasteiger partial charge is 0.0620 e. The van der Waals surface area contributed by atoms with Crippen LogP contribution in [-0.4, -0.2) is 0 Å². The average Bonchev–Trinajstić information content (AvgIpc) is 2.64. The van der Waals surface area contributed by atoms with Crippen molar-refractivity contribution in [3.8, 4) is 0 Å². The van der Waals surface area contributed by atoms with Crippen molar-refractivity contribution in [2.75, 3.05) is 0 Å². The summed E-state index contributed by atoms with van der Waals surface area (Å²) in [5.41, 5.74) is 1.62. The highest BCUT2D eigenvalue weighted by atomic mass is 14.6. The molecule has 0 saturated heterocycles. The Balaban J connectivity index is 0.000000246. The molecule has 0 spiro atoms. The Hall–Kier alpha value is 0. The van der Waals surface area contributed by atoms with Crippen molar-refractivity contribution in [1.29, 1.82) is 0 Å². The molecule has 3 aliphatic rings. The summed E-state index contributed by atoms with van der Waals surface area (Å²) in [5.74, 6) is 0.801. The van der Waals surface area contributed by atoms with Crippen LogP contribution in [0.5, 0.6) is 0 Å². The lowest BCUT2D eigenvalue weighted by molar-refractivity contribution is -0.172. The first-order chi connectivity index (χ1) is 12.4. The number of hydrogen-bond acceptors (Lipinski definition) is 0. The van der Waals surface area contributed by atoms with Gasteiger partial charge in [0.25, 0.3) is 0 Å². The summed E-state index contributed by atoms with van der Waals surface area (Å²) in [4.78, 5) is 0. The van der Waals surface area contributed by atoms with Crippen LogP contribution in [0.3, 0.4) is 0 Å². The zero-order chi connectivity index (χ0) is 20.8. The summed E-state index contributed by atoms with van der Waals surface area (Å²) in [6.07, 6.45) is 19.3. The third kappa shape index (κ3) is 5.99. The minimum Gasteiger partial charge on any atom is -0.0620 e. The summed E-state index contributed by atoms with van der Waals surface area (Å²) in [6.45, 7) is 22.1. The molecule has 0 nitrogen and oxygen atoms in total. The first-order valence-electron chi connectivity index (χ1n) is 12.4. The number of rotatable bonds is 0. The highest BCUT2D eigenvalue weighted by Crippen LogP contribution is 2.67. The number of hydrogen-bond donors (Lipinski definition) is 0. The molecule has 27 heavy (non-hydrogen) atoms. The van der Waals surface area contributed by atoms with Gasteiger partial charge in [-0.15, -0.1) is 0 Å². The molecule has 0 bridgehead atoms. The fourth-order valence-electron chi connectivity index (χ4n) is 5.66. The third-order valence-electron chi connectivity index (χ3n) is 9.91. The van der Waals surface area contributed by atoms with E-state index in [1.807, 2.05) is 0 Å². The van der Waals surface area contributed by atoms with E-state index in [2.05, 4.69) is 62.3 Å². The van der Waals surface area contributed by atoms with Gasteiger partial charge in [-0.3, -0.25) is 0 Å². The van der Waals surface area contributed by atoms with Crippen LogP contribution >= 0.6 is 0 Å². The fraction of sp³-hybridized carbons (Fsp3) is 1.00. The maximum Gasteiger partial charge on any atom is -0.0244 e. The Morgan fingerprint density at radius 3 is 0.963 bits per heavy atom. The van der Waals surface area contributed by atoms with Crippen molar-refractivity contribution in [1.82, 2.24) is 0 Å². The van der Waals surface area contributed by atoms with Gasteiger partial charge in [-0.1, -0.05) is 139 Å². The molecule has 0 aromatic heterocycles. The van der Waals surface area contributed by atoms with Crippen LogP contribution in [-0.2, 0) is 0 Å². The first kappa shape index (κ1) is 25.0. The van der Waals surface area contributed by atoms with Gasteiger partial charge >= 0.3 is 0 Å². The van der Waals surface area contributed by atoms with Gasteiger partial charge in [-0.05, 0) is 34.0 Å². The highest BCUT2D eigenvalue weighted by Gasteiger charge is 2.60. The Bertz CT molecular complexity index is 367. The predicted octanol–water partition coefficient (Wildman–Crippen LogP) is 9.81. The van der Waals surface area contributed by atoms with E-state index in [1.54, 1.807) is 0 Å². The zero-order valence-corrected chi connectivity index (χ0v) is 20.8. The average molecular weight is 379 g/mol. The maximum atomic E-state index is 2.46. The molecule has 0 heteroatoms. The molecular weight excluding hydrogens is 324 g/mol. The molecule has 3 rings (SSSR count). The molecule has 0 radical (unpaired) electrons. The minimum atomic E-state index is 0.376. The van der Waals surface area contributed by atoms with Gasteiger partial charge in [0, 0.05) is 0 Å². The lowest BCUT2D eigenvalue weighted by Gasteiger charge is -2.66. The Morgan fingerprint density at radius 1 is 0.444 bits per heavy atom. The van der Waals surface area contributed by atoms with E-state index in [0.29, 0.717) is 21.7 Å². The molecule has 1 unspecified atom stereocenters. The maximum absolute atomic E-state index is 2.46. The van der Waals surface area contributed by atoms with Gasteiger partial charge in [-0.25, -0.2) is 0 Å². The van der Waals surface area contributed by atoms with Crippen molar-refractivity contribution >= 4 is 0 Å². The molecule has 3 aliphatic carbocycles. The van der Waals surface area contributed by atoms with E-state index in [9.17, 15) is 0 Å². The predicted molar refractivity (Wildman–Crippen MR) is 124 cm³/mol. The van der Waals surface area contributed by atoms with Crippen LogP contribution in [0.2, 0.25) is 0 Å². The van der Waals surface area contributed by atoms with Gasteiger partial charge in [0.1, 0.15) is 0 Å². The van der Waals surface area contributed by atoms with E-state index in [4.69, 9.17) is 0 Å². The quantitative estimate of drug-likeness (QED) is 0.393. The lowest BCUT2D eigenvalue weighted by atomic mass is 9.39. The topological polar surface area (TPSA) is 0 Å². The summed E-state index contributed by atoms with van der Waals surface area (Å²) >= 11 is 0. The Labute approximate surface area is 173 Å². The Kier molecular flexibility index (Phi) is 9.42. The lowest BCUT2D eigenvalue weighted by Crippen LogP contribution is -2.59. The molecule has 0 aromatic rings. The van der Waals surface area contributed by atoms with Crippen LogP contribution in [0.4, 0.5) is 0 Å². The minimum absolute atomic E-state index is 0.376. The van der Waals surface area contributed by atoms with Crippen LogP contribution in [0.1, 0.15) is 146 Å². The van der Waals surface area contributed by atoms with E-state index in [1.165, 1.54) is 83.5 Å². The third-order valence-corrected chi connectivity index (χ3v) is 9.91. The smallest absolute Gasteiger partial charge is 0.0244 e. The molecule has 0 N–H and O–H groups in total. The van der Waals surface area contributed by atoms with Crippen LogP contribution in [0, 0.1) is 27.6 Å². The summed E-state index contributed by atoms with van der Waals surface area (Å²) in [6, 6.07) is 0. The van der Waals surface area contributed by atoms with Gasteiger partial charge in [0.2, 0.25) is 0 Å². The van der Waals surface area contributed by atoms with Gasteiger partial charge in [0.05, 0.1) is 0 Å². The van der Waals surface area contributed by atoms with Crippen LogP contribution in [0.15, 0.2) is 0 Å². The summed E-state index contributed by atoms with van der Waals surface area (Å²) in [5, 5.41) is 0. The zero-order valence-electron chi connectivity index (χ0n) is 20.8. The standard InChI is InChI=1S/C15H30.2C6H12/c1-11-10-12(2,3)14(6,7)15(8,9)13(11,4)5;2*1-2-4-6-5-3-1/h11H,10H2,1-9H3;2*1-6H2. The molecule has 162 valence electrons. The second-order valence-corrected chi connectivity index (χ2v) is 12.2. The first-order valence-corrected chi connectivity index (χ1v) is 12.4. The summed E-state index contributed by atoms with van der Waals surface area (Å²) in [7, 11) is 0. The van der Waals surface area contributed by atoms with Gasteiger partial charge in [0.15, 0.2) is 0 Å². The SMILES string of the molecule is C1CCCCC1.C1CCCCC1.CC1CC(C)(C)C(C)(C)C(C)(C)C1(C)C. The second kappa shape index (κ2) is 10.2. The van der Waals surface area contributed by atoms with E-state index >= 15 is 0 Å². The normalized spacial score (nSPS) is 30.8. The van der Waals surface area contributed by atoms with E-state index in [0.717, 1.165) is 5.92 Å². The monoisotopic (exact) mass is 378 g/mol. The van der Waals surface area contributed by atoms with Gasteiger partial charge < -0.3 is 0 Å². The molecule has 3 fully saturated rings. The van der Waals surface area contributed by atoms with Crippen molar-refractivity contribution in [3.05, 3.63) is 0 Å². The van der Waals surface area contributed by atoms with Crippen molar-refractivity contribution in [3.63, 3.8) is 0 Å². The second-order valence-electron chi connectivity index (χ2n) is 12.2. The molecule has 0 aliphatic heterocycles. The highest BCUT2D eigenvalue weighted by molar-refractivity contribution is 5.09. The molecular formula is C27H54. The molecule has 0 aromatic carbocycles. The summed E-state index contributed by atoms with van der Waals surface area (Å²) < 4.78 is 0. The fourth-order valence-corrected chi connectivity index (χ4v) is 5.66. The molecule has 1 atom stereocenters. The molecule has 0 heterocycles. The molecule has 3 saturated carbocycles. The molecule has 0 amide bonds. The van der Waals surface area contributed by atoms with Crippen LogP contribution < -0.4 is 0 Å². The van der Waals surface area contributed by atoms with E-state index < -0.39 is 0 Å². The van der Waals surface area contributed by atoms with Crippen molar-refractivity contribution in [2.24, 2.45) is 27.6 Å². The van der Waals surface area contributed by atoms with E-state index in [-0.39, 0.29) is 0 Å². The Morgan fingerprint density at radius 2 is 0.704 bits per heavy atom. The van der Waals surface area contributed by atoms with Crippen molar-refractivity contribution in [2.45, 2.75) is 146 Å². The van der Waals surface area contributed by atoms with Crippen molar-refractivity contribution < 1.29 is 0 Å².